The smallest absolute Gasteiger partial charge is 0.164 e. The molecule has 0 amide bonds. The monoisotopic (exact) mass is 1210 g/mol. The molecule has 0 unspecified atom stereocenters. The Balaban J connectivity index is 0.752. The Morgan fingerprint density at radius 1 is 0.290 bits per heavy atom. The standard InChI is InChI=1S/C82H50N8O2S/c1-5-19-49(20-6-1)55-27-17-28-56(43-55)79-86-78(87-80(89-79)58-40-42-64-65-31-18-32-67(74(65)92-70(64)48-58)73-75-72(66-30-14-16-34-71(66)93-75)83-76(84-73)52-23-9-3-10-24-52)54-37-35-51(36-38-54)60-44-59(50-21-7-2-8-22-50)45-61(46-60)82-88-77(53-25-11-4-12-26-53)85-81(90-82)57-39-41-63-62-29-13-15-33-68(62)91-69(63)47-57/h1-2,4-9,11-48H,3,10H2. The van der Waals surface area contributed by atoms with Crippen molar-refractivity contribution in [2.24, 2.45) is 0 Å². The van der Waals surface area contributed by atoms with E-state index in [-0.39, 0.29) is 0 Å². The van der Waals surface area contributed by atoms with Crippen LogP contribution in [0.5, 0.6) is 0 Å². The summed E-state index contributed by atoms with van der Waals surface area (Å²) in [4.78, 5) is 42.0. The highest BCUT2D eigenvalue weighted by molar-refractivity contribution is 7.26. The molecular weight excluding hydrogens is 1160 g/mol. The third kappa shape index (κ3) is 9.82. The average molecular weight is 1210 g/mol. The Morgan fingerprint density at radius 2 is 0.753 bits per heavy atom. The lowest BCUT2D eigenvalue weighted by molar-refractivity contribution is 0.669. The minimum Gasteiger partial charge on any atom is -0.456 e. The van der Waals surface area contributed by atoms with E-state index in [9.17, 15) is 0 Å². The van der Waals surface area contributed by atoms with Crippen LogP contribution in [0.1, 0.15) is 18.7 Å². The molecule has 1 aliphatic carbocycles. The van der Waals surface area contributed by atoms with Gasteiger partial charge in [0.25, 0.3) is 0 Å². The summed E-state index contributed by atoms with van der Waals surface area (Å²) in [5, 5.41) is 5.18. The van der Waals surface area contributed by atoms with Crippen molar-refractivity contribution < 1.29 is 8.83 Å². The molecular formula is C82H50N8O2S. The largest absolute Gasteiger partial charge is 0.456 e. The van der Waals surface area contributed by atoms with E-state index in [0.717, 1.165) is 155 Å². The molecule has 6 heterocycles. The summed E-state index contributed by atoms with van der Waals surface area (Å²) in [6.07, 6.45) is 8.53. The molecule has 17 aromatic rings. The van der Waals surface area contributed by atoms with Crippen molar-refractivity contribution >= 4 is 81.1 Å². The van der Waals surface area contributed by atoms with Crippen molar-refractivity contribution in [1.82, 2.24) is 39.9 Å². The first-order valence-corrected chi connectivity index (χ1v) is 31.8. The van der Waals surface area contributed by atoms with E-state index in [2.05, 4.69) is 212 Å². The third-order valence-electron chi connectivity index (χ3n) is 17.4. The molecule has 0 saturated carbocycles. The fourth-order valence-electron chi connectivity index (χ4n) is 12.8. The van der Waals surface area contributed by atoms with Crippen LogP contribution in [0.15, 0.2) is 288 Å². The SMILES string of the molecule is C1=CC(c2nc(-c3cccc4c3oc3cc(-c5nc(-c6ccc(-c7cc(-c8ccccc8)cc(-c8nc(-c9ccccc9)nc(-c9ccc%10c(c9)oc9ccccc9%10)n8)c7)cc6)nc(-c6cccc(-c7ccccc7)c6)n5)ccc34)c3sc4ccccc4c3n2)=CCC1. The Hall–Kier alpha value is -12.2. The fraction of sp³-hybridized carbons (Fsp3) is 0.0244. The van der Waals surface area contributed by atoms with Gasteiger partial charge in [-0.3, -0.25) is 0 Å². The predicted octanol–water partition coefficient (Wildman–Crippen LogP) is 21.4. The second-order valence-corrected chi connectivity index (χ2v) is 24.3. The van der Waals surface area contributed by atoms with E-state index in [1.807, 2.05) is 66.7 Å². The second-order valence-electron chi connectivity index (χ2n) is 23.3. The van der Waals surface area contributed by atoms with E-state index < -0.39 is 0 Å². The number of furan rings is 2. The van der Waals surface area contributed by atoms with Crippen LogP contribution in [-0.2, 0) is 0 Å². The van der Waals surface area contributed by atoms with Gasteiger partial charge in [0, 0.05) is 76.1 Å². The summed E-state index contributed by atoms with van der Waals surface area (Å²) in [7, 11) is 0. The zero-order valence-corrected chi connectivity index (χ0v) is 50.6. The molecule has 11 heteroatoms. The molecule has 6 aromatic heterocycles. The van der Waals surface area contributed by atoms with E-state index in [4.69, 9.17) is 48.7 Å². The van der Waals surface area contributed by atoms with Crippen LogP contribution in [0.2, 0.25) is 0 Å². The number of hydrogen-bond donors (Lipinski definition) is 0. The predicted molar refractivity (Wildman–Crippen MR) is 377 cm³/mol. The van der Waals surface area contributed by atoms with Gasteiger partial charge >= 0.3 is 0 Å². The average Bonchev–Trinajstić information content (AvgIpc) is 1.68. The maximum absolute atomic E-state index is 7.04. The highest BCUT2D eigenvalue weighted by Gasteiger charge is 2.24. The van der Waals surface area contributed by atoms with Crippen molar-refractivity contribution in [3.8, 4) is 113 Å². The Morgan fingerprint density at radius 3 is 1.43 bits per heavy atom. The summed E-state index contributed by atoms with van der Waals surface area (Å²) in [5.74, 6) is 3.94. The molecule has 0 radical (unpaired) electrons. The van der Waals surface area contributed by atoms with Crippen molar-refractivity contribution in [2.75, 3.05) is 0 Å². The van der Waals surface area contributed by atoms with Crippen LogP contribution >= 0.6 is 11.3 Å². The van der Waals surface area contributed by atoms with Gasteiger partial charge in [0.2, 0.25) is 0 Å². The van der Waals surface area contributed by atoms with Crippen molar-refractivity contribution in [1.29, 1.82) is 0 Å². The van der Waals surface area contributed by atoms with Gasteiger partial charge in [-0.05, 0) is 113 Å². The number of aromatic nitrogens is 8. The minimum atomic E-state index is 0.511. The maximum Gasteiger partial charge on any atom is 0.164 e. The third-order valence-corrected chi connectivity index (χ3v) is 18.6. The van der Waals surface area contributed by atoms with Crippen molar-refractivity contribution in [3.63, 3.8) is 0 Å². The van der Waals surface area contributed by atoms with Crippen molar-refractivity contribution in [2.45, 2.75) is 12.8 Å². The van der Waals surface area contributed by atoms with Gasteiger partial charge in [-0.15, -0.1) is 11.3 Å². The van der Waals surface area contributed by atoms with Gasteiger partial charge in [-0.2, -0.15) is 0 Å². The van der Waals surface area contributed by atoms with Crippen LogP contribution in [0, 0.1) is 0 Å². The number of benzene rings is 11. The summed E-state index contributed by atoms with van der Waals surface area (Å²) in [6.45, 7) is 0. The number of para-hydroxylation sites is 2. The van der Waals surface area contributed by atoms with Crippen LogP contribution in [0.4, 0.5) is 0 Å². The van der Waals surface area contributed by atoms with E-state index in [0.29, 0.717) is 46.4 Å². The highest BCUT2D eigenvalue weighted by Crippen LogP contribution is 2.44. The molecule has 436 valence electrons. The molecule has 93 heavy (non-hydrogen) atoms. The van der Waals surface area contributed by atoms with E-state index >= 15 is 0 Å². The number of thiophene rings is 1. The molecule has 0 bridgehead atoms. The number of rotatable bonds is 11. The molecule has 0 N–H and O–H groups in total. The molecule has 0 spiro atoms. The first-order chi connectivity index (χ1) is 46.0. The number of allylic oxidation sites excluding steroid dienone is 4. The van der Waals surface area contributed by atoms with Gasteiger partial charge in [-0.1, -0.05) is 212 Å². The molecule has 0 atom stereocenters. The molecule has 0 saturated heterocycles. The topological polar surface area (TPSA) is 129 Å². The van der Waals surface area contributed by atoms with E-state index in [1.165, 1.54) is 0 Å². The lowest BCUT2D eigenvalue weighted by atomic mass is 9.95. The number of hydrogen-bond acceptors (Lipinski definition) is 11. The lowest BCUT2D eigenvalue weighted by Crippen LogP contribution is -2.01. The summed E-state index contributed by atoms with van der Waals surface area (Å²) < 4.78 is 15.6. The molecule has 1 aliphatic rings. The number of fused-ring (bicyclic) bond motifs is 9. The van der Waals surface area contributed by atoms with Crippen LogP contribution in [0.3, 0.4) is 0 Å². The zero-order valence-electron chi connectivity index (χ0n) is 49.8. The highest BCUT2D eigenvalue weighted by atomic mass is 32.1. The van der Waals surface area contributed by atoms with Crippen LogP contribution < -0.4 is 0 Å². The van der Waals surface area contributed by atoms with Gasteiger partial charge in [0.15, 0.2) is 40.8 Å². The van der Waals surface area contributed by atoms with Crippen LogP contribution in [0.25, 0.3) is 183 Å². The molecule has 0 aliphatic heterocycles. The number of nitrogens with zero attached hydrogens (tertiary/aromatic N) is 8. The quantitative estimate of drug-likeness (QED) is 0.123. The minimum absolute atomic E-state index is 0.511. The van der Waals surface area contributed by atoms with Gasteiger partial charge in [-0.25, -0.2) is 39.9 Å². The fourth-order valence-corrected chi connectivity index (χ4v) is 13.9. The summed E-state index contributed by atoms with van der Waals surface area (Å²) in [5.41, 5.74) is 18.0. The Kier molecular flexibility index (Phi) is 13.0. The second kappa shape index (κ2) is 22.4. The summed E-state index contributed by atoms with van der Waals surface area (Å²) in [6, 6.07) is 89.6. The van der Waals surface area contributed by atoms with Gasteiger partial charge in [0.05, 0.1) is 15.9 Å². The van der Waals surface area contributed by atoms with Gasteiger partial charge in [0.1, 0.15) is 22.3 Å². The Labute approximate surface area is 537 Å². The molecule has 18 rings (SSSR count). The first-order valence-electron chi connectivity index (χ1n) is 31.0. The van der Waals surface area contributed by atoms with E-state index in [1.54, 1.807) is 11.3 Å². The molecule has 10 nitrogen and oxygen atoms in total. The maximum atomic E-state index is 7.04. The van der Waals surface area contributed by atoms with Gasteiger partial charge < -0.3 is 8.83 Å². The lowest BCUT2D eigenvalue weighted by Gasteiger charge is -2.13. The van der Waals surface area contributed by atoms with Crippen LogP contribution in [-0.4, -0.2) is 39.9 Å². The summed E-state index contributed by atoms with van der Waals surface area (Å²) >= 11 is 1.72. The van der Waals surface area contributed by atoms with Crippen molar-refractivity contribution in [3.05, 3.63) is 285 Å². The first kappa shape index (κ1) is 53.8. The normalized spacial score (nSPS) is 12.5. The molecule has 0 fully saturated rings. The Bertz CT molecular complexity index is 5880. The molecule has 11 aromatic carbocycles. The zero-order chi connectivity index (χ0) is 61.3.